The van der Waals surface area contributed by atoms with Gasteiger partial charge in [-0.3, -0.25) is 0 Å². The van der Waals surface area contributed by atoms with E-state index in [-0.39, 0.29) is 0 Å². The number of thiazole rings is 1. The van der Waals surface area contributed by atoms with E-state index in [9.17, 15) is 0 Å². The van der Waals surface area contributed by atoms with Crippen molar-refractivity contribution in [3.8, 4) is 0 Å². The summed E-state index contributed by atoms with van der Waals surface area (Å²) in [6.07, 6.45) is 0. The van der Waals surface area contributed by atoms with Crippen molar-refractivity contribution in [1.82, 2.24) is 9.97 Å². The lowest BCUT2D eigenvalue weighted by molar-refractivity contribution is 1.06. The number of pyridine rings is 1. The van der Waals surface area contributed by atoms with Crippen LogP contribution in [0.4, 0.5) is 5.69 Å². The van der Waals surface area contributed by atoms with E-state index in [1.807, 2.05) is 23.9 Å². The maximum absolute atomic E-state index is 5.77. The van der Waals surface area contributed by atoms with Crippen LogP contribution in [0.25, 0.3) is 0 Å². The molecule has 0 aliphatic carbocycles. The first kappa shape index (κ1) is 10.4. The molecule has 1 N–H and O–H groups in total. The third-order valence-corrected chi connectivity index (χ3v) is 2.84. The zero-order valence-electron chi connectivity index (χ0n) is 8.20. The Kier molecular flexibility index (Phi) is 3.18. The summed E-state index contributed by atoms with van der Waals surface area (Å²) < 4.78 is 0. The van der Waals surface area contributed by atoms with E-state index in [0.29, 0.717) is 11.7 Å². The van der Waals surface area contributed by atoms with Crippen LogP contribution < -0.4 is 5.32 Å². The van der Waals surface area contributed by atoms with Gasteiger partial charge in [0.2, 0.25) is 0 Å². The van der Waals surface area contributed by atoms with E-state index in [4.69, 9.17) is 11.6 Å². The van der Waals surface area contributed by atoms with Gasteiger partial charge < -0.3 is 5.32 Å². The zero-order valence-corrected chi connectivity index (χ0v) is 9.77. The quantitative estimate of drug-likeness (QED) is 0.837. The van der Waals surface area contributed by atoms with Crippen LogP contribution in [0, 0.1) is 6.92 Å². The molecule has 78 valence electrons. The van der Waals surface area contributed by atoms with Crippen LogP contribution in [-0.2, 0) is 6.54 Å². The number of nitrogens with zero attached hydrogens (tertiary/aromatic N) is 2. The summed E-state index contributed by atoms with van der Waals surface area (Å²) in [4.78, 5) is 8.35. The molecule has 5 heteroatoms. The number of nitrogens with one attached hydrogen (secondary N) is 1. The van der Waals surface area contributed by atoms with Crippen molar-refractivity contribution >= 4 is 28.6 Å². The van der Waals surface area contributed by atoms with Crippen LogP contribution >= 0.6 is 22.9 Å². The Hall–Kier alpha value is -1.13. The Morgan fingerprint density at radius 2 is 2.33 bits per heavy atom. The molecule has 2 heterocycles. The highest BCUT2D eigenvalue weighted by Crippen LogP contribution is 2.16. The Labute approximate surface area is 97.2 Å². The van der Waals surface area contributed by atoms with Crippen LogP contribution in [0.15, 0.2) is 23.0 Å². The number of anilines is 1. The van der Waals surface area contributed by atoms with Crippen molar-refractivity contribution < 1.29 is 0 Å². The van der Waals surface area contributed by atoms with Crippen molar-refractivity contribution in [1.29, 1.82) is 0 Å². The molecular formula is C10H10ClN3S. The predicted octanol–water partition coefficient (Wildman–Crippen LogP) is 3.11. The second kappa shape index (κ2) is 4.59. The minimum absolute atomic E-state index is 0.520. The summed E-state index contributed by atoms with van der Waals surface area (Å²) in [6.45, 7) is 2.64. The van der Waals surface area contributed by atoms with Gasteiger partial charge in [0.15, 0.2) is 0 Å². The number of aryl methyl sites for hydroxylation is 1. The Morgan fingerprint density at radius 1 is 1.47 bits per heavy atom. The largest absolute Gasteiger partial charge is 0.378 e. The summed E-state index contributed by atoms with van der Waals surface area (Å²) in [5, 5.41) is 5.81. The zero-order chi connectivity index (χ0) is 10.7. The minimum Gasteiger partial charge on any atom is -0.378 e. The molecule has 2 aromatic rings. The second-order valence-corrected chi connectivity index (χ2v) is 4.21. The molecular weight excluding hydrogens is 230 g/mol. The molecule has 2 aromatic heterocycles. The molecule has 0 atom stereocenters. The van der Waals surface area contributed by atoms with Crippen LogP contribution in [0.1, 0.15) is 11.4 Å². The maximum Gasteiger partial charge on any atom is 0.129 e. The first-order valence-corrected chi connectivity index (χ1v) is 5.82. The Balaban J connectivity index is 2.05. The van der Waals surface area contributed by atoms with Crippen molar-refractivity contribution in [2.75, 3.05) is 5.32 Å². The van der Waals surface area contributed by atoms with Gasteiger partial charge in [-0.15, -0.1) is 11.3 Å². The number of hydrogen-bond donors (Lipinski definition) is 1. The fourth-order valence-corrected chi connectivity index (χ4v) is 1.98. The van der Waals surface area contributed by atoms with Crippen molar-refractivity contribution in [2.45, 2.75) is 13.5 Å². The lowest BCUT2D eigenvalue weighted by Crippen LogP contribution is -2.02. The minimum atomic E-state index is 0.520. The molecule has 0 aliphatic rings. The van der Waals surface area contributed by atoms with Crippen molar-refractivity contribution in [3.05, 3.63) is 39.6 Å². The van der Waals surface area contributed by atoms with Crippen molar-refractivity contribution in [2.24, 2.45) is 0 Å². The monoisotopic (exact) mass is 239 g/mol. The molecule has 3 nitrogen and oxygen atoms in total. The van der Waals surface area contributed by atoms with Crippen LogP contribution in [-0.4, -0.2) is 9.97 Å². The van der Waals surface area contributed by atoms with E-state index < -0.39 is 0 Å². The number of rotatable bonds is 3. The highest BCUT2D eigenvalue weighted by molar-refractivity contribution is 7.07. The lowest BCUT2D eigenvalue weighted by Gasteiger charge is -2.07. The van der Waals surface area contributed by atoms with E-state index in [1.54, 1.807) is 17.4 Å². The highest BCUT2D eigenvalue weighted by Gasteiger charge is 2.00. The first-order chi connectivity index (χ1) is 7.25. The molecule has 0 saturated carbocycles. The summed E-state index contributed by atoms with van der Waals surface area (Å²) in [5.74, 6) is 0. The third-order valence-electron chi connectivity index (χ3n) is 2.00. The van der Waals surface area contributed by atoms with E-state index >= 15 is 0 Å². The van der Waals surface area contributed by atoms with E-state index in [0.717, 1.165) is 17.1 Å². The highest BCUT2D eigenvalue weighted by atomic mass is 35.5. The van der Waals surface area contributed by atoms with Gasteiger partial charge in [-0.1, -0.05) is 11.6 Å². The van der Waals surface area contributed by atoms with Crippen LogP contribution in [0.5, 0.6) is 0 Å². The SMILES string of the molecule is Cc1nc(Cl)ccc1NCc1cscn1. The molecule has 0 saturated heterocycles. The van der Waals surface area contributed by atoms with Crippen molar-refractivity contribution in [3.63, 3.8) is 0 Å². The summed E-state index contributed by atoms with van der Waals surface area (Å²) in [6, 6.07) is 3.70. The molecule has 0 radical (unpaired) electrons. The maximum atomic E-state index is 5.77. The van der Waals surface area contributed by atoms with Gasteiger partial charge in [0, 0.05) is 5.38 Å². The topological polar surface area (TPSA) is 37.8 Å². The van der Waals surface area contributed by atoms with Crippen LogP contribution in [0.3, 0.4) is 0 Å². The summed E-state index contributed by atoms with van der Waals surface area (Å²) in [7, 11) is 0. The van der Waals surface area contributed by atoms with Gasteiger partial charge in [0.1, 0.15) is 5.15 Å². The molecule has 0 bridgehead atoms. The summed E-state index contributed by atoms with van der Waals surface area (Å²) >= 11 is 7.36. The van der Waals surface area contributed by atoms with Gasteiger partial charge in [-0.2, -0.15) is 0 Å². The van der Waals surface area contributed by atoms with Gasteiger partial charge in [0.05, 0.1) is 29.1 Å². The Morgan fingerprint density at radius 3 is 3.00 bits per heavy atom. The fourth-order valence-electron chi connectivity index (χ4n) is 1.23. The second-order valence-electron chi connectivity index (χ2n) is 3.10. The van der Waals surface area contributed by atoms with Gasteiger partial charge in [-0.25, -0.2) is 9.97 Å². The van der Waals surface area contributed by atoms with Gasteiger partial charge in [0.25, 0.3) is 0 Å². The average Bonchev–Trinajstić information content (AvgIpc) is 2.69. The van der Waals surface area contributed by atoms with Gasteiger partial charge in [-0.05, 0) is 19.1 Å². The smallest absolute Gasteiger partial charge is 0.129 e. The Bertz CT molecular complexity index is 442. The summed E-state index contributed by atoms with van der Waals surface area (Å²) in [5.41, 5.74) is 4.75. The average molecular weight is 240 g/mol. The predicted molar refractivity (Wildman–Crippen MR) is 63.4 cm³/mol. The molecule has 0 aliphatic heterocycles. The number of hydrogen-bond acceptors (Lipinski definition) is 4. The normalized spacial score (nSPS) is 10.3. The van der Waals surface area contributed by atoms with Gasteiger partial charge >= 0.3 is 0 Å². The molecule has 2 rings (SSSR count). The fraction of sp³-hybridized carbons (Fsp3) is 0.200. The molecule has 0 spiro atoms. The van der Waals surface area contributed by atoms with Crippen LogP contribution in [0.2, 0.25) is 5.15 Å². The lowest BCUT2D eigenvalue weighted by atomic mass is 10.3. The van der Waals surface area contributed by atoms with E-state index in [2.05, 4.69) is 15.3 Å². The standard InChI is InChI=1S/C10H10ClN3S/c1-7-9(2-3-10(11)14-7)12-4-8-5-15-6-13-8/h2-3,5-6,12H,4H2,1H3. The molecule has 0 unspecified atom stereocenters. The first-order valence-electron chi connectivity index (χ1n) is 4.50. The van der Waals surface area contributed by atoms with E-state index in [1.165, 1.54) is 0 Å². The number of halogens is 1. The molecule has 0 aromatic carbocycles. The third kappa shape index (κ3) is 2.67. The molecule has 0 amide bonds. The molecule has 0 fully saturated rings. The number of aromatic nitrogens is 2. The molecule has 15 heavy (non-hydrogen) atoms.